The molecule has 2 N–H and O–H groups in total. The number of halogens is 1. The highest BCUT2D eigenvalue weighted by Gasteiger charge is 2.27. The summed E-state index contributed by atoms with van der Waals surface area (Å²) in [6.45, 7) is 3.27. The molecule has 3 rings (SSSR count). The molecule has 1 aliphatic heterocycles. The molecule has 7 nitrogen and oxygen atoms in total. The van der Waals surface area contributed by atoms with Gasteiger partial charge in [0.1, 0.15) is 11.8 Å². The molecule has 1 aromatic heterocycles. The number of amides is 1. The summed E-state index contributed by atoms with van der Waals surface area (Å²) in [5.41, 5.74) is 0.802. The highest BCUT2D eigenvalue weighted by Crippen LogP contribution is 2.22. The summed E-state index contributed by atoms with van der Waals surface area (Å²) in [6, 6.07) is 7.09. The Balaban J connectivity index is 0.00000192. The first kappa shape index (κ1) is 17.2. The minimum Gasteiger partial charge on any atom is -0.497 e. The maximum atomic E-state index is 11.9. The number of hydrogen-bond acceptors (Lipinski definition) is 6. The van der Waals surface area contributed by atoms with Crippen LogP contribution in [0.1, 0.15) is 18.9 Å². The third-order valence-corrected chi connectivity index (χ3v) is 3.65. The van der Waals surface area contributed by atoms with E-state index in [9.17, 15) is 4.79 Å². The normalized spacial score (nSPS) is 15.2. The van der Waals surface area contributed by atoms with Crippen LogP contribution in [0.2, 0.25) is 0 Å². The topological polar surface area (TPSA) is 89.3 Å². The van der Waals surface area contributed by atoms with E-state index in [1.165, 1.54) is 0 Å². The van der Waals surface area contributed by atoms with Gasteiger partial charge >= 0.3 is 0 Å². The van der Waals surface area contributed by atoms with E-state index in [2.05, 4.69) is 20.8 Å². The molecule has 0 spiro atoms. The quantitative estimate of drug-likeness (QED) is 0.860. The predicted octanol–water partition coefficient (Wildman–Crippen LogP) is 1.56. The van der Waals surface area contributed by atoms with Crippen LogP contribution in [0.3, 0.4) is 0 Å². The first-order valence-corrected chi connectivity index (χ1v) is 7.16. The maximum Gasteiger partial charge on any atom is 0.249 e. The molecule has 1 atom stereocenters. The van der Waals surface area contributed by atoms with E-state index in [4.69, 9.17) is 9.26 Å². The Labute approximate surface area is 140 Å². The molecule has 2 aromatic rings. The smallest absolute Gasteiger partial charge is 0.249 e. The third-order valence-electron chi connectivity index (χ3n) is 3.65. The van der Waals surface area contributed by atoms with Gasteiger partial charge in [-0.15, -0.1) is 12.4 Å². The summed E-state index contributed by atoms with van der Waals surface area (Å²) in [6.07, 6.45) is 0. The summed E-state index contributed by atoms with van der Waals surface area (Å²) < 4.78 is 10.4. The zero-order valence-corrected chi connectivity index (χ0v) is 13.7. The van der Waals surface area contributed by atoms with Gasteiger partial charge in [-0.1, -0.05) is 17.3 Å². The molecule has 1 amide bonds. The number of nitrogens with one attached hydrogen (secondary N) is 2. The molecule has 0 bridgehead atoms. The molecule has 2 heterocycles. The number of carbonyl (C=O) groups is 1. The number of nitrogens with zero attached hydrogens (tertiary/aromatic N) is 2. The number of methoxy groups -OCH3 is 1. The van der Waals surface area contributed by atoms with E-state index < -0.39 is 0 Å². The Bertz CT molecular complexity index is 672. The van der Waals surface area contributed by atoms with E-state index >= 15 is 0 Å². The van der Waals surface area contributed by atoms with Gasteiger partial charge in [-0.05, 0) is 19.1 Å². The Hall–Kier alpha value is -2.12. The standard InChI is InChI=1S/C15H18N4O3.ClH/c1-9(17-14(20)11-7-16-8-11)15-18-13(19-22-15)10-4-3-5-12(6-10)21-2;/h3-6,9,11,16H,7-8H2,1-2H3,(H,17,20);1H. The highest BCUT2D eigenvalue weighted by atomic mass is 35.5. The second-order valence-corrected chi connectivity index (χ2v) is 5.27. The minimum atomic E-state index is -0.319. The van der Waals surface area contributed by atoms with Crippen molar-refractivity contribution in [3.8, 4) is 17.1 Å². The van der Waals surface area contributed by atoms with Crippen molar-refractivity contribution in [2.45, 2.75) is 13.0 Å². The van der Waals surface area contributed by atoms with Crippen molar-refractivity contribution in [1.82, 2.24) is 20.8 Å². The van der Waals surface area contributed by atoms with Crippen LogP contribution in [0.5, 0.6) is 5.75 Å². The monoisotopic (exact) mass is 338 g/mol. The SMILES string of the molecule is COc1cccc(-c2noc(C(C)NC(=O)C3CNC3)n2)c1.Cl. The Kier molecular flexibility index (Phi) is 5.57. The molecular weight excluding hydrogens is 320 g/mol. The van der Waals surface area contributed by atoms with Crippen molar-refractivity contribution in [2.24, 2.45) is 5.92 Å². The molecular formula is C15H19ClN4O3. The number of carbonyl (C=O) groups excluding carboxylic acids is 1. The van der Waals surface area contributed by atoms with Crippen molar-refractivity contribution in [3.63, 3.8) is 0 Å². The van der Waals surface area contributed by atoms with Crippen molar-refractivity contribution in [1.29, 1.82) is 0 Å². The molecule has 23 heavy (non-hydrogen) atoms. The summed E-state index contributed by atoms with van der Waals surface area (Å²) in [5.74, 6) is 1.62. The Morgan fingerprint density at radius 3 is 2.91 bits per heavy atom. The fourth-order valence-electron chi connectivity index (χ4n) is 2.16. The van der Waals surface area contributed by atoms with Gasteiger partial charge in [-0.25, -0.2) is 0 Å². The van der Waals surface area contributed by atoms with Crippen LogP contribution < -0.4 is 15.4 Å². The van der Waals surface area contributed by atoms with Gasteiger partial charge in [-0.2, -0.15) is 4.98 Å². The molecule has 1 unspecified atom stereocenters. The van der Waals surface area contributed by atoms with Gasteiger partial charge in [0, 0.05) is 18.7 Å². The van der Waals surface area contributed by atoms with Gasteiger partial charge in [0.05, 0.1) is 13.0 Å². The zero-order valence-electron chi connectivity index (χ0n) is 12.9. The molecule has 0 radical (unpaired) electrons. The predicted molar refractivity (Wildman–Crippen MR) is 86.5 cm³/mol. The summed E-state index contributed by atoms with van der Waals surface area (Å²) >= 11 is 0. The van der Waals surface area contributed by atoms with E-state index in [-0.39, 0.29) is 30.3 Å². The fourth-order valence-corrected chi connectivity index (χ4v) is 2.16. The fraction of sp³-hybridized carbons (Fsp3) is 0.400. The lowest BCUT2D eigenvalue weighted by molar-refractivity contribution is -0.127. The molecule has 124 valence electrons. The molecule has 8 heteroatoms. The van der Waals surface area contributed by atoms with E-state index in [0.717, 1.165) is 24.4 Å². The second kappa shape index (κ2) is 7.43. The largest absolute Gasteiger partial charge is 0.497 e. The van der Waals surface area contributed by atoms with Crippen LogP contribution in [-0.2, 0) is 4.79 Å². The van der Waals surface area contributed by atoms with Crippen LogP contribution in [0, 0.1) is 5.92 Å². The average Bonchev–Trinajstić information content (AvgIpc) is 2.95. The van der Waals surface area contributed by atoms with Gasteiger partial charge in [-0.3, -0.25) is 4.79 Å². The highest BCUT2D eigenvalue weighted by molar-refractivity contribution is 5.85. The molecule has 1 fully saturated rings. The Morgan fingerprint density at radius 2 is 2.26 bits per heavy atom. The number of ether oxygens (including phenoxy) is 1. The number of benzene rings is 1. The van der Waals surface area contributed by atoms with Crippen LogP contribution in [0.4, 0.5) is 0 Å². The lowest BCUT2D eigenvalue weighted by Gasteiger charge is -2.26. The van der Waals surface area contributed by atoms with Gasteiger partial charge in [0.15, 0.2) is 0 Å². The van der Waals surface area contributed by atoms with Gasteiger partial charge in [0.25, 0.3) is 0 Å². The molecule has 0 saturated carbocycles. The second-order valence-electron chi connectivity index (χ2n) is 5.27. The van der Waals surface area contributed by atoms with Crippen molar-refractivity contribution in [2.75, 3.05) is 20.2 Å². The van der Waals surface area contributed by atoms with Crippen LogP contribution in [0.15, 0.2) is 28.8 Å². The van der Waals surface area contributed by atoms with Crippen molar-refractivity contribution in [3.05, 3.63) is 30.2 Å². The van der Waals surface area contributed by atoms with Crippen LogP contribution in [-0.4, -0.2) is 36.2 Å². The van der Waals surface area contributed by atoms with E-state index in [0.29, 0.717) is 11.7 Å². The van der Waals surface area contributed by atoms with E-state index in [1.54, 1.807) is 7.11 Å². The lowest BCUT2D eigenvalue weighted by atomic mass is 10.0. The molecule has 1 saturated heterocycles. The number of rotatable bonds is 5. The van der Waals surface area contributed by atoms with Gasteiger partial charge < -0.3 is 19.9 Å². The number of hydrogen-bond donors (Lipinski definition) is 2. The summed E-state index contributed by atoms with van der Waals surface area (Å²) in [5, 5.41) is 9.92. The lowest BCUT2D eigenvalue weighted by Crippen LogP contribution is -2.51. The van der Waals surface area contributed by atoms with Crippen LogP contribution in [0.25, 0.3) is 11.4 Å². The van der Waals surface area contributed by atoms with Crippen molar-refractivity contribution >= 4 is 18.3 Å². The average molecular weight is 339 g/mol. The summed E-state index contributed by atoms with van der Waals surface area (Å²) in [7, 11) is 1.60. The third kappa shape index (κ3) is 3.80. The minimum absolute atomic E-state index is 0. The number of aromatic nitrogens is 2. The summed E-state index contributed by atoms with van der Waals surface area (Å²) in [4.78, 5) is 16.3. The maximum absolute atomic E-state index is 11.9. The van der Waals surface area contributed by atoms with Crippen LogP contribution >= 0.6 is 12.4 Å². The van der Waals surface area contributed by atoms with Gasteiger partial charge in [0.2, 0.25) is 17.6 Å². The van der Waals surface area contributed by atoms with E-state index in [1.807, 2.05) is 31.2 Å². The molecule has 0 aliphatic carbocycles. The first-order valence-electron chi connectivity index (χ1n) is 7.16. The zero-order chi connectivity index (χ0) is 15.5. The molecule has 1 aromatic carbocycles. The first-order chi connectivity index (χ1) is 10.7. The Morgan fingerprint density at radius 1 is 1.48 bits per heavy atom. The molecule has 1 aliphatic rings. The van der Waals surface area contributed by atoms with Crippen molar-refractivity contribution < 1.29 is 14.1 Å².